The predicted octanol–water partition coefficient (Wildman–Crippen LogP) is 3.11. The van der Waals surface area contributed by atoms with Crippen molar-refractivity contribution < 1.29 is 9.59 Å². The van der Waals surface area contributed by atoms with Crippen LogP contribution in [0, 0.1) is 10.5 Å². The van der Waals surface area contributed by atoms with Crippen LogP contribution in [0.25, 0.3) is 0 Å². The lowest BCUT2D eigenvalue weighted by Gasteiger charge is -2.16. The van der Waals surface area contributed by atoms with Crippen LogP contribution >= 0.6 is 22.6 Å². The molecular weight excluding hydrogens is 417 g/mol. The van der Waals surface area contributed by atoms with Crippen LogP contribution in [0.5, 0.6) is 0 Å². The molecule has 2 aromatic rings. The van der Waals surface area contributed by atoms with E-state index in [9.17, 15) is 9.59 Å². The summed E-state index contributed by atoms with van der Waals surface area (Å²) in [7, 11) is 1.74. The normalized spacial score (nSPS) is 10.5. The van der Waals surface area contributed by atoms with E-state index >= 15 is 0 Å². The van der Waals surface area contributed by atoms with Gasteiger partial charge in [0.25, 0.3) is 0 Å². The van der Waals surface area contributed by atoms with Crippen LogP contribution in [0.1, 0.15) is 5.56 Å². The number of benzene rings is 2. The standard InChI is InChI=1S/C18H20IN3O2/c1-13-3-7-15(8-4-13)20-17(23)11-22(2)12-18(24)21-16-9-5-14(19)6-10-16/h3-10H,11-12H2,1-2H3,(H,20,23)(H,21,24). The maximum atomic E-state index is 12.0. The van der Waals surface area contributed by atoms with E-state index in [1.807, 2.05) is 55.5 Å². The maximum Gasteiger partial charge on any atom is 0.238 e. The molecule has 0 radical (unpaired) electrons. The summed E-state index contributed by atoms with van der Waals surface area (Å²) in [6, 6.07) is 15.1. The van der Waals surface area contributed by atoms with Gasteiger partial charge in [-0.25, -0.2) is 0 Å². The highest BCUT2D eigenvalue weighted by atomic mass is 127. The zero-order valence-electron chi connectivity index (χ0n) is 13.7. The van der Waals surface area contributed by atoms with Crippen molar-refractivity contribution in [3.05, 3.63) is 57.7 Å². The number of nitrogens with zero attached hydrogens (tertiary/aromatic N) is 1. The second kappa shape index (κ2) is 8.79. The van der Waals surface area contributed by atoms with Gasteiger partial charge in [0.1, 0.15) is 0 Å². The van der Waals surface area contributed by atoms with Crippen LogP contribution in [-0.2, 0) is 9.59 Å². The summed E-state index contributed by atoms with van der Waals surface area (Å²) in [4.78, 5) is 25.7. The molecular formula is C18H20IN3O2. The van der Waals surface area contributed by atoms with Crippen molar-refractivity contribution in [2.45, 2.75) is 6.92 Å². The Labute approximate surface area is 155 Å². The quantitative estimate of drug-likeness (QED) is 0.683. The lowest BCUT2D eigenvalue weighted by Crippen LogP contribution is -2.36. The van der Waals surface area contributed by atoms with E-state index in [4.69, 9.17) is 0 Å². The van der Waals surface area contributed by atoms with E-state index in [0.29, 0.717) is 0 Å². The monoisotopic (exact) mass is 437 g/mol. The molecule has 0 unspecified atom stereocenters. The molecule has 0 spiro atoms. The maximum absolute atomic E-state index is 12.0. The number of halogens is 1. The Morgan fingerprint density at radius 3 is 1.75 bits per heavy atom. The molecule has 0 aliphatic carbocycles. The number of anilines is 2. The highest BCUT2D eigenvalue weighted by molar-refractivity contribution is 14.1. The average Bonchev–Trinajstić information content (AvgIpc) is 2.51. The number of hydrogen-bond acceptors (Lipinski definition) is 3. The summed E-state index contributed by atoms with van der Waals surface area (Å²) < 4.78 is 1.11. The van der Waals surface area contributed by atoms with Gasteiger partial charge in [-0.3, -0.25) is 14.5 Å². The Bertz CT molecular complexity index is 638. The van der Waals surface area contributed by atoms with Crippen LogP contribution < -0.4 is 10.6 Å². The van der Waals surface area contributed by atoms with Crippen molar-refractivity contribution in [1.29, 1.82) is 0 Å². The summed E-state index contributed by atoms with van der Waals surface area (Å²) >= 11 is 2.21. The van der Waals surface area contributed by atoms with Crippen LogP contribution in [0.4, 0.5) is 11.4 Å². The van der Waals surface area contributed by atoms with Crippen LogP contribution in [0.3, 0.4) is 0 Å². The van der Waals surface area contributed by atoms with E-state index in [1.165, 1.54) is 0 Å². The molecule has 0 bridgehead atoms. The molecule has 0 saturated carbocycles. The average molecular weight is 437 g/mol. The molecule has 0 aromatic heterocycles. The fourth-order valence-corrected chi connectivity index (χ4v) is 2.48. The molecule has 0 heterocycles. The number of nitrogens with one attached hydrogen (secondary N) is 2. The number of carbonyl (C=O) groups is 2. The van der Waals surface area contributed by atoms with Gasteiger partial charge in [0.2, 0.25) is 11.8 Å². The van der Waals surface area contributed by atoms with Gasteiger partial charge in [-0.15, -0.1) is 0 Å². The van der Waals surface area contributed by atoms with Crippen LogP contribution in [0.15, 0.2) is 48.5 Å². The van der Waals surface area contributed by atoms with E-state index in [0.717, 1.165) is 20.5 Å². The smallest absolute Gasteiger partial charge is 0.238 e. The van der Waals surface area contributed by atoms with E-state index in [-0.39, 0.29) is 24.9 Å². The molecule has 5 nitrogen and oxygen atoms in total. The zero-order chi connectivity index (χ0) is 17.5. The Morgan fingerprint density at radius 1 is 0.875 bits per heavy atom. The Hall–Kier alpha value is -1.93. The second-order valence-electron chi connectivity index (χ2n) is 5.64. The molecule has 0 aliphatic rings. The lowest BCUT2D eigenvalue weighted by atomic mass is 10.2. The molecule has 6 heteroatoms. The minimum Gasteiger partial charge on any atom is -0.325 e. The number of carbonyl (C=O) groups excluding carboxylic acids is 2. The third-order valence-corrected chi connectivity index (χ3v) is 4.01. The number of aryl methyl sites for hydroxylation is 1. The first-order chi connectivity index (χ1) is 11.4. The fourth-order valence-electron chi connectivity index (χ4n) is 2.12. The van der Waals surface area contributed by atoms with Gasteiger partial charge < -0.3 is 10.6 Å². The van der Waals surface area contributed by atoms with Crippen molar-refractivity contribution in [3.8, 4) is 0 Å². The van der Waals surface area contributed by atoms with E-state index in [1.54, 1.807) is 11.9 Å². The van der Waals surface area contributed by atoms with Gasteiger partial charge in [0.15, 0.2) is 0 Å². The molecule has 2 rings (SSSR count). The minimum absolute atomic E-state index is 0.146. The molecule has 24 heavy (non-hydrogen) atoms. The predicted molar refractivity (Wildman–Crippen MR) is 105 cm³/mol. The van der Waals surface area contributed by atoms with E-state index < -0.39 is 0 Å². The van der Waals surface area contributed by atoms with Crippen molar-refractivity contribution in [1.82, 2.24) is 4.90 Å². The van der Waals surface area contributed by atoms with Crippen molar-refractivity contribution in [3.63, 3.8) is 0 Å². The largest absolute Gasteiger partial charge is 0.325 e. The summed E-state index contributed by atoms with van der Waals surface area (Å²) in [6.45, 7) is 2.28. The lowest BCUT2D eigenvalue weighted by molar-refractivity contribution is -0.119. The van der Waals surface area contributed by atoms with Crippen molar-refractivity contribution in [2.24, 2.45) is 0 Å². The van der Waals surface area contributed by atoms with Gasteiger partial charge in [-0.2, -0.15) is 0 Å². The summed E-state index contributed by atoms with van der Waals surface area (Å²) in [5, 5.41) is 5.63. The first-order valence-corrected chi connectivity index (χ1v) is 8.61. The van der Waals surface area contributed by atoms with Gasteiger partial charge in [-0.05, 0) is 73.0 Å². The Morgan fingerprint density at radius 2 is 1.29 bits per heavy atom. The molecule has 126 valence electrons. The van der Waals surface area contributed by atoms with Crippen LogP contribution in [-0.4, -0.2) is 36.9 Å². The highest BCUT2D eigenvalue weighted by Gasteiger charge is 2.11. The molecule has 0 atom stereocenters. The molecule has 0 saturated heterocycles. The van der Waals surface area contributed by atoms with E-state index in [2.05, 4.69) is 33.2 Å². The van der Waals surface area contributed by atoms with Gasteiger partial charge >= 0.3 is 0 Å². The van der Waals surface area contributed by atoms with Crippen molar-refractivity contribution in [2.75, 3.05) is 30.8 Å². The zero-order valence-corrected chi connectivity index (χ0v) is 15.8. The first kappa shape index (κ1) is 18.4. The number of amides is 2. The third kappa shape index (κ3) is 6.29. The SMILES string of the molecule is Cc1ccc(NC(=O)CN(C)CC(=O)Nc2ccc(I)cc2)cc1. The second-order valence-corrected chi connectivity index (χ2v) is 6.89. The molecule has 0 aliphatic heterocycles. The van der Waals surface area contributed by atoms with Crippen molar-refractivity contribution >= 4 is 45.8 Å². The molecule has 2 aromatic carbocycles. The number of rotatable bonds is 6. The van der Waals surface area contributed by atoms with Gasteiger partial charge in [0.05, 0.1) is 13.1 Å². The third-order valence-electron chi connectivity index (χ3n) is 3.29. The number of likely N-dealkylation sites (N-methyl/N-ethyl adjacent to an activating group) is 1. The first-order valence-electron chi connectivity index (χ1n) is 7.53. The van der Waals surface area contributed by atoms with Gasteiger partial charge in [-0.1, -0.05) is 17.7 Å². The Kier molecular flexibility index (Phi) is 6.74. The summed E-state index contributed by atoms with van der Waals surface area (Å²) in [6.07, 6.45) is 0. The summed E-state index contributed by atoms with van der Waals surface area (Å²) in [5.74, 6) is -0.301. The highest BCUT2D eigenvalue weighted by Crippen LogP contribution is 2.11. The molecule has 2 N–H and O–H groups in total. The number of hydrogen-bond donors (Lipinski definition) is 2. The molecule has 2 amide bonds. The molecule has 0 fully saturated rings. The Balaban J connectivity index is 1.78. The van der Waals surface area contributed by atoms with Crippen LogP contribution in [0.2, 0.25) is 0 Å². The fraction of sp³-hybridized carbons (Fsp3) is 0.222. The summed E-state index contributed by atoms with van der Waals surface area (Å²) in [5.41, 5.74) is 2.64. The minimum atomic E-state index is -0.151. The topological polar surface area (TPSA) is 61.4 Å². The van der Waals surface area contributed by atoms with Gasteiger partial charge in [0, 0.05) is 14.9 Å².